The summed E-state index contributed by atoms with van der Waals surface area (Å²) >= 11 is 0. The van der Waals surface area contributed by atoms with E-state index in [9.17, 15) is 0 Å². The first-order valence-corrected chi connectivity index (χ1v) is 8.53. The number of aromatic nitrogens is 2. The highest BCUT2D eigenvalue weighted by atomic mass is 16.5. The molecule has 6 nitrogen and oxygen atoms in total. The Kier molecular flexibility index (Phi) is 5.10. The predicted molar refractivity (Wildman–Crippen MR) is 83.8 cm³/mol. The van der Waals surface area contributed by atoms with Crippen LogP contribution in [0.4, 0.5) is 0 Å². The van der Waals surface area contributed by atoms with Crippen LogP contribution in [0.1, 0.15) is 56.8 Å². The fraction of sp³-hybridized carbons (Fsp3) is 0.875. The van der Waals surface area contributed by atoms with Crippen molar-refractivity contribution >= 4 is 0 Å². The van der Waals surface area contributed by atoms with Crippen LogP contribution in [0.3, 0.4) is 0 Å². The highest BCUT2D eigenvalue weighted by Crippen LogP contribution is 2.38. The zero-order chi connectivity index (χ0) is 15.5. The van der Waals surface area contributed by atoms with Crippen LogP contribution in [-0.4, -0.2) is 65.9 Å². The van der Waals surface area contributed by atoms with E-state index in [0.29, 0.717) is 12.0 Å². The summed E-state index contributed by atoms with van der Waals surface area (Å²) in [5.74, 6) is 2.24. The number of rotatable bonds is 7. The van der Waals surface area contributed by atoms with Gasteiger partial charge in [0.15, 0.2) is 5.82 Å². The summed E-state index contributed by atoms with van der Waals surface area (Å²) in [6, 6.07) is 0.788. The van der Waals surface area contributed by atoms with Gasteiger partial charge in [-0.15, -0.1) is 0 Å². The van der Waals surface area contributed by atoms with Gasteiger partial charge in [0.05, 0.1) is 12.6 Å². The summed E-state index contributed by atoms with van der Waals surface area (Å²) in [4.78, 5) is 9.63. The minimum absolute atomic E-state index is 0.207. The molecule has 22 heavy (non-hydrogen) atoms. The quantitative estimate of drug-likeness (QED) is 0.768. The van der Waals surface area contributed by atoms with Gasteiger partial charge < -0.3 is 9.26 Å². The topological polar surface area (TPSA) is 54.6 Å². The van der Waals surface area contributed by atoms with Gasteiger partial charge in [-0.1, -0.05) is 12.1 Å². The summed E-state index contributed by atoms with van der Waals surface area (Å²) in [6.07, 6.45) is 3.58. The van der Waals surface area contributed by atoms with Crippen LogP contribution in [0, 0.1) is 0 Å². The van der Waals surface area contributed by atoms with E-state index in [1.807, 2.05) is 0 Å². The summed E-state index contributed by atoms with van der Waals surface area (Å²) in [5.41, 5.74) is 0. The molecule has 124 valence electrons. The monoisotopic (exact) mass is 308 g/mol. The van der Waals surface area contributed by atoms with E-state index in [1.54, 1.807) is 7.11 Å². The summed E-state index contributed by atoms with van der Waals surface area (Å²) in [6.45, 7) is 9.45. The second-order valence-corrected chi connectivity index (χ2v) is 6.53. The summed E-state index contributed by atoms with van der Waals surface area (Å²) in [5, 5.41) is 4.15. The Morgan fingerprint density at radius 1 is 1.36 bits per heavy atom. The van der Waals surface area contributed by atoms with E-state index in [4.69, 9.17) is 9.26 Å². The van der Waals surface area contributed by atoms with E-state index < -0.39 is 0 Å². The third-order valence-electron chi connectivity index (χ3n) is 5.00. The van der Waals surface area contributed by atoms with E-state index in [1.165, 1.54) is 12.8 Å². The molecule has 1 aliphatic heterocycles. The summed E-state index contributed by atoms with van der Waals surface area (Å²) in [7, 11) is 1.77. The second kappa shape index (κ2) is 7.06. The summed E-state index contributed by atoms with van der Waals surface area (Å²) < 4.78 is 10.7. The Bertz CT molecular complexity index is 474. The Hall–Kier alpha value is -0.980. The molecule has 2 heterocycles. The van der Waals surface area contributed by atoms with Crippen molar-refractivity contribution in [3.8, 4) is 0 Å². The van der Waals surface area contributed by atoms with Gasteiger partial charge in [0.25, 0.3) is 0 Å². The second-order valence-electron chi connectivity index (χ2n) is 6.53. The van der Waals surface area contributed by atoms with Crippen LogP contribution in [-0.2, 0) is 4.74 Å². The van der Waals surface area contributed by atoms with Crippen LogP contribution in [0.5, 0.6) is 0 Å². The molecule has 0 N–H and O–H groups in total. The molecule has 3 rings (SSSR count). The molecular weight excluding hydrogens is 280 g/mol. The van der Waals surface area contributed by atoms with Crippen molar-refractivity contribution in [1.82, 2.24) is 19.9 Å². The van der Waals surface area contributed by atoms with Gasteiger partial charge >= 0.3 is 0 Å². The van der Waals surface area contributed by atoms with Crippen molar-refractivity contribution in [2.45, 2.75) is 51.1 Å². The molecule has 2 atom stereocenters. The van der Waals surface area contributed by atoms with Crippen molar-refractivity contribution in [3.63, 3.8) is 0 Å². The molecule has 0 aromatic carbocycles. The third kappa shape index (κ3) is 3.50. The number of methoxy groups -OCH3 is 1. The van der Waals surface area contributed by atoms with Gasteiger partial charge in [-0.2, -0.15) is 4.98 Å². The molecule has 1 saturated heterocycles. The Morgan fingerprint density at radius 3 is 2.86 bits per heavy atom. The first kappa shape index (κ1) is 15.9. The van der Waals surface area contributed by atoms with Crippen LogP contribution < -0.4 is 0 Å². The minimum atomic E-state index is 0.207. The number of hydrogen-bond acceptors (Lipinski definition) is 6. The molecule has 6 heteroatoms. The molecular formula is C16H28N4O2. The zero-order valence-corrected chi connectivity index (χ0v) is 14.0. The standard InChI is InChI=1S/C16H28N4O2/c1-4-14-11-20(8-7-19(14)9-10-21-3)12(2)16-17-15(18-22-16)13-5-6-13/h12-14H,4-11H2,1-3H3/t12-,14+/m0/s1. The van der Waals surface area contributed by atoms with Crippen molar-refractivity contribution in [1.29, 1.82) is 0 Å². The molecule has 1 saturated carbocycles. The minimum Gasteiger partial charge on any atom is -0.383 e. The lowest BCUT2D eigenvalue weighted by molar-refractivity contribution is 0.0267. The van der Waals surface area contributed by atoms with E-state index in [0.717, 1.165) is 50.9 Å². The first-order chi connectivity index (χ1) is 10.7. The SMILES string of the molecule is CC[C@@H]1CN([C@@H](C)c2nc(C3CC3)no2)CCN1CCOC. The Labute approximate surface area is 132 Å². The fourth-order valence-corrected chi connectivity index (χ4v) is 3.24. The molecule has 0 spiro atoms. The van der Waals surface area contributed by atoms with Gasteiger partial charge in [0.2, 0.25) is 5.89 Å². The molecule has 0 unspecified atom stereocenters. The largest absolute Gasteiger partial charge is 0.383 e. The zero-order valence-electron chi connectivity index (χ0n) is 14.0. The fourth-order valence-electron chi connectivity index (χ4n) is 3.24. The molecule has 1 aromatic heterocycles. The number of hydrogen-bond donors (Lipinski definition) is 0. The highest BCUT2D eigenvalue weighted by molar-refractivity contribution is 5.05. The average Bonchev–Trinajstić information content (AvgIpc) is 3.29. The highest BCUT2D eigenvalue weighted by Gasteiger charge is 2.33. The lowest BCUT2D eigenvalue weighted by Gasteiger charge is -2.42. The van der Waals surface area contributed by atoms with E-state index in [2.05, 4.69) is 33.8 Å². The van der Waals surface area contributed by atoms with Crippen molar-refractivity contribution in [2.24, 2.45) is 0 Å². The molecule has 1 aromatic rings. The van der Waals surface area contributed by atoms with Crippen molar-refractivity contribution in [2.75, 3.05) is 39.9 Å². The number of ether oxygens (including phenoxy) is 1. The maximum absolute atomic E-state index is 5.51. The Morgan fingerprint density at radius 2 is 2.18 bits per heavy atom. The van der Waals surface area contributed by atoms with Gasteiger partial charge in [-0.3, -0.25) is 9.80 Å². The smallest absolute Gasteiger partial charge is 0.243 e. The maximum Gasteiger partial charge on any atom is 0.243 e. The predicted octanol–water partition coefficient (Wildman–Crippen LogP) is 2.05. The third-order valence-corrected chi connectivity index (χ3v) is 5.00. The van der Waals surface area contributed by atoms with Gasteiger partial charge in [-0.05, 0) is 26.2 Å². The van der Waals surface area contributed by atoms with Crippen LogP contribution in [0.15, 0.2) is 4.52 Å². The lowest BCUT2D eigenvalue weighted by Crippen LogP contribution is -2.54. The van der Waals surface area contributed by atoms with Crippen molar-refractivity contribution < 1.29 is 9.26 Å². The molecule has 0 bridgehead atoms. The first-order valence-electron chi connectivity index (χ1n) is 8.53. The lowest BCUT2D eigenvalue weighted by atomic mass is 10.1. The normalized spacial score (nSPS) is 25.5. The van der Waals surface area contributed by atoms with Crippen LogP contribution >= 0.6 is 0 Å². The van der Waals surface area contributed by atoms with Crippen molar-refractivity contribution in [3.05, 3.63) is 11.7 Å². The van der Waals surface area contributed by atoms with Crippen LogP contribution in [0.2, 0.25) is 0 Å². The molecule has 1 aliphatic carbocycles. The number of piperazine rings is 1. The van der Waals surface area contributed by atoms with E-state index in [-0.39, 0.29) is 6.04 Å². The average molecular weight is 308 g/mol. The molecule has 0 amide bonds. The number of nitrogens with zero attached hydrogens (tertiary/aromatic N) is 4. The molecule has 2 fully saturated rings. The van der Waals surface area contributed by atoms with E-state index >= 15 is 0 Å². The van der Waals surface area contributed by atoms with Crippen LogP contribution in [0.25, 0.3) is 0 Å². The van der Waals surface area contributed by atoms with Gasteiger partial charge in [0.1, 0.15) is 0 Å². The molecule has 2 aliphatic rings. The molecule has 0 radical (unpaired) electrons. The van der Waals surface area contributed by atoms with Gasteiger partial charge in [0, 0.05) is 45.2 Å². The Balaban J connectivity index is 1.59. The maximum atomic E-state index is 5.51. The van der Waals surface area contributed by atoms with Gasteiger partial charge in [-0.25, -0.2) is 0 Å².